The molecule has 9 nitrogen and oxygen atoms in total. The van der Waals surface area contributed by atoms with Crippen LogP contribution in [-0.2, 0) is 26.7 Å². The summed E-state index contributed by atoms with van der Waals surface area (Å²) in [5.41, 5.74) is -4.09. The third kappa shape index (κ3) is 7.00. The average molecular weight is 618 g/mol. The molecule has 0 spiro atoms. The number of carbonyl (C=O) groups is 3. The van der Waals surface area contributed by atoms with Crippen LogP contribution >= 0.6 is 0 Å². The number of fused-ring (bicyclic) bond motifs is 2. The lowest BCUT2D eigenvalue weighted by atomic mass is 9.98. The first-order chi connectivity index (χ1) is 19.8. The molecule has 0 aromatic heterocycles. The van der Waals surface area contributed by atoms with E-state index < -0.39 is 77.2 Å². The summed E-state index contributed by atoms with van der Waals surface area (Å²) in [6.45, 7) is 6.69. The molecule has 43 heavy (non-hydrogen) atoms. The molecule has 15 heteroatoms. The zero-order chi connectivity index (χ0) is 32.1. The first kappa shape index (κ1) is 32.4. The van der Waals surface area contributed by atoms with Crippen molar-refractivity contribution in [2.75, 3.05) is 19.6 Å². The van der Waals surface area contributed by atoms with E-state index in [9.17, 15) is 46.0 Å². The number of hydrogen-bond acceptors (Lipinski definition) is 6. The third-order valence-electron chi connectivity index (χ3n) is 7.92. The number of piperazine rings is 1. The van der Waals surface area contributed by atoms with Crippen LogP contribution in [0.3, 0.4) is 0 Å². The molecule has 5 atom stereocenters. The number of amides is 3. The smallest absolute Gasteiger partial charge is 0.416 e. The average Bonchev–Trinajstić information content (AvgIpc) is 3.59. The molecule has 0 aliphatic carbocycles. The van der Waals surface area contributed by atoms with Crippen LogP contribution in [0.2, 0.25) is 0 Å². The van der Waals surface area contributed by atoms with Gasteiger partial charge in [-0.05, 0) is 70.7 Å². The Hall–Kier alpha value is -3.54. The first-order valence-corrected chi connectivity index (χ1v) is 13.9. The van der Waals surface area contributed by atoms with Crippen molar-refractivity contribution in [1.29, 1.82) is 5.26 Å². The van der Waals surface area contributed by atoms with Crippen LogP contribution in [-0.4, -0.2) is 82.0 Å². The topological polar surface area (TPSA) is 106 Å². The van der Waals surface area contributed by atoms with Crippen LogP contribution < -0.4 is 5.32 Å². The molecule has 2 bridgehead atoms. The highest BCUT2D eigenvalue weighted by Gasteiger charge is 2.52. The third-order valence-corrected chi connectivity index (χ3v) is 7.92. The van der Waals surface area contributed by atoms with Gasteiger partial charge in [0, 0.05) is 25.7 Å². The van der Waals surface area contributed by atoms with Gasteiger partial charge in [-0.1, -0.05) is 0 Å². The molecule has 236 valence electrons. The summed E-state index contributed by atoms with van der Waals surface area (Å²) in [6.07, 6.45) is -9.59. The number of nitriles is 1. The number of nitrogens with zero attached hydrogens (tertiary/aromatic N) is 4. The van der Waals surface area contributed by atoms with Gasteiger partial charge < -0.3 is 19.9 Å². The van der Waals surface area contributed by atoms with E-state index in [1.165, 1.54) is 16.7 Å². The van der Waals surface area contributed by atoms with Crippen LogP contribution in [0, 0.1) is 11.3 Å². The number of carbonyl (C=O) groups excluding carboxylic acids is 3. The van der Waals surface area contributed by atoms with E-state index in [1.54, 1.807) is 25.7 Å². The van der Waals surface area contributed by atoms with Crippen molar-refractivity contribution < 1.29 is 45.5 Å². The molecule has 3 unspecified atom stereocenters. The van der Waals surface area contributed by atoms with Crippen LogP contribution in [0.25, 0.3) is 0 Å². The lowest BCUT2D eigenvalue weighted by Crippen LogP contribution is -2.59. The summed E-state index contributed by atoms with van der Waals surface area (Å²) in [7, 11) is 0. The Labute approximate surface area is 244 Å². The maximum absolute atomic E-state index is 13.5. The van der Waals surface area contributed by atoms with Gasteiger partial charge in [-0.15, -0.1) is 0 Å². The predicted octanol–water partition coefficient (Wildman–Crippen LogP) is 4.48. The number of rotatable bonds is 6. The minimum atomic E-state index is -5.02. The van der Waals surface area contributed by atoms with Crippen molar-refractivity contribution in [2.24, 2.45) is 0 Å². The van der Waals surface area contributed by atoms with Crippen LogP contribution in [0.4, 0.5) is 31.1 Å². The second kappa shape index (κ2) is 11.5. The van der Waals surface area contributed by atoms with Gasteiger partial charge in [0.2, 0.25) is 11.8 Å². The largest absolute Gasteiger partial charge is 0.444 e. The van der Waals surface area contributed by atoms with E-state index in [4.69, 9.17) is 4.74 Å². The van der Waals surface area contributed by atoms with Crippen molar-refractivity contribution in [3.05, 3.63) is 34.9 Å². The maximum Gasteiger partial charge on any atom is 0.416 e. The molecular weight excluding hydrogens is 584 g/mol. The van der Waals surface area contributed by atoms with E-state index in [-0.39, 0.29) is 31.1 Å². The highest BCUT2D eigenvalue weighted by molar-refractivity contribution is 5.88. The Balaban J connectivity index is 1.54. The fourth-order valence-electron chi connectivity index (χ4n) is 6.01. The maximum atomic E-state index is 13.5. The van der Waals surface area contributed by atoms with Crippen molar-refractivity contribution in [3.63, 3.8) is 0 Å². The summed E-state index contributed by atoms with van der Waals surface area (Å²) in [4.78, 5) is 43.9. The molecule has 3 fully saturated rings. The fraction of sp³-hybridized carbons (Fsp3) is 0.643. The predicted molar refractivity (Wildman–Crippen MR) is 139 cm³/mol. The molecule has 3 aliphatic heterocycles. The van der Waals surface area contributed by atoms with Gasteiger partial charge in [-0.2, -0.15) is 31.6 Å². The number of benzene rings is 1. The molecule has 3 aliphatic rings. The number of nitrogens with one attached hydrogen (secondary N) is 1. The van der Waals surface area contributed by atoms with E-state index in [0.717, 1.165) is 0 Å². The lowest BCUT2D eigenvalue weighted by molar-refractivity contribution is -0.143. The molecule has 1 N–H and O–H groups in total. The van der Waals surface area contributed by atoms with Crippen LogP contribution in [0.15, 0.2) is 18.2 Å². The van der Waals surface area contributed by atoms with Gasteiger partial charge in [0.15, 0.2) is 0 Å². The van der Waals surface area contributed by atoms with E-state index in [1.807, 2.05) is 0 Å². The number of likely N-dealkylation sites (tertiary alicyclic amines) is 3. The van der Waals surface area contributed by atoms with Gasteiger partial charge in [-0.3, -0.25) is 14.5 Å². The molecule has 4 rings (SSSR count). The van der Waals surface area contributed by atoms with Gasteiger partial charge in [0.1, 0.15) is 17.7 Å². The van der Waals surface area contributed by atoms with E-state index >= 15 is 0 Å². The normalized spacial score (nSPS) is 24.2. The zero-order valence-electron chi connectivity index (χ0n) is 24.1. The molecule has 3 saturated heterocycles. The zero-order valence-corrected chi connectivity index (χ0v) is 24.1. The summed E-state index contributed by atoms with van der Waals surface area (Å²) >= 11 is 0. The molecule has 0 radical (unpaired) electrons. The number of alkyl halides is 6. The number of ether oxygens (including phenoxy) is 1. The van der Waals surface area contributed by atoms with Crippen molar-refractivity contribution in [3.8, 4) is 6.07 Å². The molecule has 0 saturated carbocycles. The van der Waals surface area contributed by atoms with Crippen molar-refractivity contribution in [1.82, 2.24) is 20.0 Å². The Bertz CT molecular complexity index is 1270. The molecule has 1 aromatic carbocycles. The second-order valence-corrected chi connectivity index (χ2v) is 12.1. The van der Waals surface area contributed by atoms with Gasteiger partial charge >= 0.3 is 18.4 Å². The molecule has 3 amide bonds. The number of hydrogen-bond donors (Lipinski definition) is 1. The van der Waals surface area contributed by atoms with Crippen molar-refractivity contribution >= 4 is 17.9 Å². The fourth-order valence-corrected chi connectivity index (χ4v) is 6.01. The SMILES string of the molecule is C[C@@H](c1cc(C(F)(F)F)cc(C(F)(F)F)c1)N1C(=O)C2CC1CN2C[C@H](NC(=O)OC(C)(C)C)C(=O)N1CCCC1C#N. The highest BCUT2D eigenvalue weighted by Crippen LogP contribution is 2.42. The van der Waals surface area contributed by atoms with Gasteiger partial charge in [0.25, 0.3) is 0 Å². The molecule has 3 heterocycles. The quantitative estimate of drug-likeness (QED) is 0.472. The molecule has 1 aromatic rings. The van der Waals surface area contributed by atoms with E-state index in [0.29, 0.717) is 31.5 Å². The number of halogens is 6. The number of alkyl carbamates (subject to hydrolysis) is 1. The Morgan fingerprint density at radius 3 is 2.21 bits per heavy atom. The first-order valence-electron chi connectivity index (χ1n) is 13.9. The minimum absolute atomic E-state index is 0.0436. The monoisotopic (exact) mass is 617 g/mol. The van der Waals surface area contributed by atoms with Gasteiger partial charge in [-0.25, -0.2) is 4.79 Å². The summed E-state index contributed by atoms with van der Waals surface area (Å²) in [6, 6.07) is -0.915. The van der Waals surface area contributed by atoms with Gasteiger partial charge in [0.05, 0.1) is 29.3 Å². The van der Waals surface area contributed by atoms with Crippen LogP contribution in [0.5, 0.6) is 0 Å². The molecular formula is C28H33F6N5O4. The second-order valence-electron chi connectivity index (χ2n) is 12.1. The summed E-state index contributed by atoms with van der Waals surface area (Å²) in [5, 5.41) is 12.0. The Morgan fingerprint density at radius 1 is 1.09 bits per heavy atom. The lowest BCUT2D eigenvalue weighted by Gasteiger charge is -2.39. The highest BCUT2D eigenvalue weighted by atomic mass is 19.4. The van der Waals surface area contributed by atoms with Crippen LogP contribution in [0.1, 0.15) is 69.7 Å². The minimum Gasteiger partial charge on any atom is -0.444 e. The Kier molecular flexibility index (Phi) is 8.67. The summed E-state index contributed by atoms with van der Waals surface area (Å²) < 4.78 is 85.9. The summed E-state index contributed by atoms with van der Waals surface area (Å²) in [5.74, 6) is -1.02. The van der Waals surface area contributed by atoms with Crippen molar-refractivity contribution in [2.45, 2.75) is 95.1 Å². The Morgan fingerprint density at radius 2 is 1.70 bits per heavy atom. The standard InChI is InChI=1S/C28H33F6N5O4/c1-15(16-8-17(27(29,30)31)10-18(9-16)28(32,33)34)39-20-11-22(24(39)41)37(13-20)14-21(36-25(42)43-26(2,3)4)23(40)38-7-5-6-19(38)12-35/h8-10,15,19-22H,5-7,11,13-14H2,1-4H3,(H,36,42)/t15-,19?,20?,21-,22?/m0/s1. The van der Waals surface area contributed by atoms with E-state index in [2.05, 4.69) is 11.4 Å².